The summed E-state index contributed by atoms with van der Waals surface area (Å²) in [6, 6.07) is 20.7. The minimum absolute atomic E-state index is 0.0514. The maximum absolute atomic E-state index is 13.1. The molecule has 3 aromatic carbocycles. The standard InChI is InChI=1S/C29H26FN3O4S/c1-32-28(35)26(17-20-7-11-25(12-8-20)37-19-21-5-9-23(30)10-6-21)38-29(32)31-24-4-2-3-22(18-24)27(34)33-13-15-36-16-14-33/h2-12,17-18H,13-16,19H2,1H3/b26-17+,31-29?. The quantitative estimate of drug-likeness (QED) is 0.414. The number of nitrogens with zero attached hydrogens (tertiary/aromatic N) is 3. The third-order valence-corrected chi connectivity index (χ3v) is 7.18. The van der Waals surface area contributed by atoms with Gasteiger partial charge in [0.1, 0.15) is 18.2 Å². The van der Waals surface area contributed by atoms with Gasteiger partial charge in [0.15, 0.2) is 5.17 Å². The SMILES string of the molecule is CN1C(=O)/C(=C\c2ccc(OCc3ccc(F)cc3)cc2)SC1=Nc1cccc(C(=O)N2CCOCC2)c1. The average Bonchev–Trinajstić information content (AvgIpc) is 3.21. The Balaban J connectivity index is 1.25. The molecule has 0 spiro atoms. The lowest BCUT2D eigenvalue weighted by Crippen LogP contribution is -2.40. The molecule has 5 rings (SSSR count). The first kappa shape index (κ1) is 25.7. The first-order valence-electron chi connectivity index (χ1n) is 12.2. The molecule has 2 aliphatic heterocycles. The van der Waals surface area contributed by atoms with E-state index in [1.165, 1.54) is 28.8 Å². The first-order chi connectivity index (χ1) is 18.5. The lowest BCUT2D eigenvalue weighted by molar-refractivity contribution is -0.121. The average molecular weight is 532 g/mol. The molecule has 9 heteroatoms. The van der Waals surface area contributed by atoms with E-state index in [-0.39, 0.29) is 17.6 Å². The van der Waals surface area contributed by atoms with Crippen molar-refractivity contribution in [1.82, 2.24) is 9.80 Å². The van der Waals surface area contributed by atoms with Crippen molar-refractivity contribution in [2.45, 2.75) is 6.61 Å². The van der Waals surface area contributed by atoms with Crippen LogP contribution in [-0.2, 0) is 16.1 Å². The smallest absolute Gasteiger partial charge is 0.266 e. The molecule has 0 aliphatic carbocycles. The largest absolute Gasteiger partial charge is 0.489 e. The normalized spacial score (nSPS) is 17.9. The fraction of sp³-hybridized carbons (Fsp3) is 0.207. The third kappa shape index (κ3) is 6.12. The minimum Gasteiger partial charge on any atom is -0.489 e. The van der Waals surface area contributed by atoms with Crippen LogP contribution in [0.1, 0.15) is 21.5 Å². The first-order valence-corrected chi connectivity index (χ1v) is 13.0. The number of rotatable bonds is 6. The van der Waals surface area contributed by atoms with Gasteiger partial charge in [-0.15, -0.1) is 0 Å². The van der Waals surface area contributed by atoms with Crippen LogP contribution >= 0.6 is 11.8 Å². The summed E-state index contributed by atoms with van der Waals surface area (Å²) in [4.78, 5) is 34.2. The molecule has 0 N–H and O–H groups in total. The maximum atomic E-state index is 13.1. The van der Waals surface area contributed by atoms with Gasteiger partial charge in [-0.25, -0.2) is 9.38 Å². The number of amidine groups is 1. The van der Waals surface area contributed by atoms with Crippen LogP contribution in [0.2, 0.25) is 0 Å². The van der Waals surface area contributed by atoms with E-state index in [0.29, 0.717) is 60.0 Å². The topological polar surface area (TPSA) is 71.4 Å². The van der Waals surface area contributed by atoms with E-state index in [1.54, 1.807) is 42.3 Å². The summed E-state index contributed by atoms with van der Waals surface area (Å²) in [6.07, 6.45) is 1.81. The minimum atomic E-state index is -0.281. The zero-order valence-electron chi connectivity index (χ0n) is 20.8. The van der Waals surface area contributed by atoms with Gasteiger partial charge in [0.05, 0.1) is 23.8 Å². The van der Waals surface area contributed by atoms with Crippen molar-refractivity contribution in [3.8, 4) is 5.75 Å². The molecule has 2 heterocycles. The Morgan fingerprint density at radius 1 is 1.08 bits per heavy atom. The van der Waals surface area contributed by atoms with Gasteiger partial charge in [0.25, 0.3) is 11.8 Å². The van der Waals surface area contributed by atoms with Gasteiger partial charge < -0.3 is 14.4 Å². The fourth-order valence-corrected chi connectivity index (χ4v) is 4.97. The highest BCUT2D eigenvalue weighted by atomic mass is 32.2. The van der Waals surface area contributed by atoms with Crippen molar-refractivity contribution in [2.75, 3.05) is 33.4 Å². The zero-order chi connectivity index (χ0) is 26.5. The van der Waals surface area contributed by atoms with Crippen molar-refractivity contribution in [1.29, 1.82) is 0 Å². The number of carbonyl (C=O) groups is 2. The van der Waals surface area contributed by atoms with Crippen LogP contribution in [0.4, 0.5) is 10.1 Å². The molecule has 2 amide bonds. The number of thioether (sulfide) groups is 1. The Labute approximate surface area is 224 Å². The molecule has 0 atom stereocenters. The van der Waals surface area contributed by atoms with Gasteiger partial charge in [-0.2, -0.15) is 0 Å². The van der Waals surface area contributed by atoms with E-state index < -0.39 is 0 Å². The summed E-state index contributed by atoms with van der Waals surface area (Å²) >= 11 is 1.29. The Bertz CT molecular complexity index is 1380. The van der Waals surface area contributed by atoms with E-state index in [4.69, 9.17) is 9.47 Å². The lowest BCUT2D eigenvalue weighted by atomic mass is 10.1. The van der Waals surface area contributed by atoms with Crippen LogP contribution in [0.3, 0.4) is 0 Å². The molecule has 7 nitrogen and oxygen atoms in total. The van der Waals surface area contributed by atoms with Crippen molar-refractivity contribution in [2.24, 2.45) is 4.99 Å². The molecule has 0 radical (unpaired) electrons. The van der Waals surface area contributed by atoms with Crippen molar-refractivity contribution in [3.63, 3.8) is 0 Å². The summed E-state index contributed by atoms with van der Waals surface area (Å²) < 4.78 is 24.2. The molecule has 0 saturated carbocycles. The van der Waals surface area contributed by atoms with Crippen LogP contribution in [0.5, 0.6) is 5.75 Å². The van der Waals surface area contributed by atoms with Gasteiger partial charge >= 0.3 is 0 Å². The van der Waals surface area contributed by atoms with Gasteiger partial charge in [-0.3, -0.25) is 14.5 Å². The predicted octanol–water partition coefficient (Wildman–Crippen LogP) is 5.11. The summed E-state index contributed by atoms with van der Waals surface area (Å²) in [5, 5.41) is 0.538. The molecule has 2 saturated heterocycles. The third-order valence-electron chi connectivity index (χ3n) is 6.12. The zero-order valence-corrected chi connectivity index (χ0v) is 21.6. The molecule has 0 unspecified atom stereocenters. The second-order valence-corrected chi connectivity index (χ2v) is 9.82. The Morgan fingerprint density at radius 3 is 2.55 bits per heavy atom. The fourth-order valence-electron chi connectivity index (χ4n) is 3.98. The van der Waals surface area contributed by atoms with Gasteiger partial charge in [-0.05, 0) is 71.4 Å². The van der Waals surface area contributed by atoms with Crippen LogP contribution in [0.15, 0.2) is 82.7 Å². The molecular weight excluding hydrogens is 505 g/mol. The number of aliphatic imine (C=N–C) groups is 1. The van der Waals surface area contributed by atoms with Crippen molar-refractivity contribution in [3.05, 3.63) is 100 Å². The highest BCUT2D eigenvalue weighted by Gasteiger charge is 2.30. The van der Waals surface area contributed by atoms with Gasteiger partial charge in [-0.1, -0.05) is 30.3 Å². The number of hydrogen-bond donors (Lipinski definition) is 0. The molecular formula is C29H26FN3O4S. The molecule has 3 aromatic rings. The lowest BCUT2D eigenvalue weighted by Gasteiger charge is -2.26. The molecule has 0 aromatic heterocycles. The monoisotopic (exact) mass is 531 g/mol. The Kier molecular flexibility index (Phi) is 7.86. The summed E-state index contributed by atoms with van der Waals surface area (Å²) in [6.45, 7) is 2.55. The second-order valence-electron chi connectivity index (χ2n) is 8.81. The Morgan fingerprint density at radius 2 is 1.82 bits per heavy atom. The van der Waals surface area contributed by atoms with Crippen molar-refractivity contribution >= 4 is 40.5 Å². The number of amides is 2. The number of ether oxygens (including phenoxy) is 2. The van der Waals surface area contributed by atoms with E-state index >= 15 is 0 Å². The summed E-state index contributed by atoms with van der Waals surface area (Å²) in [5.74, 6) is 0.194. The number of likely N-dealkylation sites (N-methyl/N-ethyl adjacent to an activating group) is 1. The molecule has 194 valence electrons. The summed E-state index contributed by atoms with van der Waals surface area (Å²) in [5.41, 5.74) is 2.89. The summed E-state index contributed by atoms with van der Waals surface area (Å²) in [7, 11) is 1.68. The molecule has 2 aliphatic rings. The van der Waals surface area contributed by atoms with Crippen LogP contribution in [0, 0.1) is 5.82 Å². The second kappa shape index (κ2) is 11.6. The van der Waals surface area contributed by atoms with E-state index in [9.17, 15) is 14.0 Å². The highest BCUT2D eigenvalue weighted by Crippen LogP contribution is 2.33. The molecule has 0 bridgehead atoms. The van der Waals surface area contributed by atoms with Gasteiger partial charge in [0.2, 0.25) is 0 Å². The van der Waals surface area contributed by atoms with Crippen LogP contribution < -0.4 is 4.74 Å². The molecule has 38 heavy (non-hydrogen) atoms. The van der Waals surface area contributed by atoms with Crippen LogP contribution in [0.25, 0.3) is 6.08 Å². The van der Waals surface area contributed by atoms with Gasteiger partial charge in [0, 0.05) is 25.7 Å². The number of halogens is 1. The number of benzene rings is 3. The number of carbonyl (C=O) groups excluding carboxylic acids is 2. The van der Waals surface area contributed by atoms with E-state index in [1.807, 2.05) is 36.4 Å². The number of morpholine rings is 1. The number of hydrogen-bond acceptors (Lipinski definition) is 6. The maximum Gasteiger partial charge on any atom is 0.266 e. The van der Waals surface area contributed by atoms with E-state index in [0.717, 1.165) is 11.1 Å². The Hall–Kier alpha value is -3.95. The predicted molar refractivity (Wildman–Crippen MR) is 146 cm³/mol. The highest BCUT2D eigenvalue weighted by molar-refractivity contribution is 8.18. The van der Waals surface area contributed by atoms with Crippen molar-refractivity contribution < 1.29 is 23.5 Å². The molecule has 2 fully saturated rings. The van der Waals surface area contributed by atoms with E-state index in [2.05, 4.69) is 4.99 Å². The van der Waals surface area contributed by atoms with Crippen LogP contribution in [-0.4, -0.2) is 60.1 Å².